The molecule has 0 bridgehead atoms. The van der Waals surface area contributed by atoms with Crippen LogP contribution < -0.4 is 15.1 Å². The van der Waals surface area contributed by atoms with Crippen molar-refractivity contribution in [3.8, 4) is 0 Å². The van der Waals surface area contributed by atoms with Gasteiger partial charge in [0.15, 0.2) is 11.5 Å². The highest BCUT2D eigenvalue weighted by Gasteiger charge is 2.31. The van der Waals surface area contributed by atoms with E-state index in [2.05, 4.69) is 39.1 Å². The van der Waals surface area contributed by atoms with Gasteiger partial charge in [-0.2, -0.15) is 0 Å². The van der Waals surface area contributed by atoms with E-state index in [0.717, 1.165) is 37.3 Å². The van der Waals surface area contributed by atoms with Gasteiger partial charge in [-0.15, -0.1) is 0 Å². The summed E-state index contributed by atoms with van der Waals surface area (Å²) in [4.78, 5) is 28.1. The molecular weight excluding hydrogens is 397 g/mol. The van der Waals surface area contributed by atoms with Gasteiger partial charge in [0.1, 0.15) is 5.82 Å². The summed E-state index contributed by atoms with van der Waals surface area (Å²) >= 11 is 0. The lowest BCUT2D eigenvalue weighted by Gasteiger charge is -2.39. The second-order valence-electron chi connectivity index (χ2n) is 8.43. The molecule has 5 heterocycles. The Bertz CT molecular complexity index is 1160. The summed E-state index contributed by atoms with van der Waals surface area (Å²) in [6, 6.07) is 3.50. The van der Waals surface area contributed by atoms with Crippen molar-refractivity contribution in [2.75, 3.05) is 48.3 Å². The molecule has 5 rings (SSSR count). The number of piperazine rings is 1. The number of hydrogen-bond donors (Lipinski definition) is 1. The number of amides is 2. The van der Waals surface area contributed by atoms with E-state index in [-0.39, 0.29) is 11.7 Å². The second kappa shape index (κ2) is 7.49. The molecule has 0 spiro atoms. The molecule has 2 amide bonds. The SMILES string of the molecule is Cc1cn2cc(NC(=O)N3CCc4c(N5CCN(C)[C@H](C)C5)ccnc43)cc(F)c2n1. The Balaban J connectivity index is 1.38. The summed E-state index contributed by atoms with van der Waals surface area (Å²) in [5.41, 5.74) is 3.59. The van der Waals surface area contributed by atoms with Gasteiger partial charge in [0.2, 0.25) is 0 Å². The van der Waals surface area contributed by atoms with Crippen LogP contribution in [0, 0.1) is 12.7 Å². The zero-order valence-electron chi connectivity index (χ0n) is 18.0. The number of halogens is 1. The van der Waals surface area contributed by atoms with Crippen LogP contribution in [0.3, 0.4) is 0 Å². The number of carbonyl (C=O) groups is 1. The maximum Gasteiger partial charge on any atom is 0.327 e. The fourth-order valence-corrected chi connectivity index (χ4v) is 4.47. The highest BCUT2D eigenvalue weighted by Crippen LogP contribution is 2.35. The number of likely N-dealkylation sites (N-methyl/N-ethyl adjacent to an activating group) is 1. The Morgan fingerprint density at radius 2 is 2.10 bits per heavy atom. The van der Waals surface area contributed by atoms with Crippen LogP contribution in [0.5, 0.6) is 0 Å². The monoisotopic (exact) mass is 423 g/mol. The van der Waals surface area contributed by atoms with E-state index in [0.29, 0.717) is 29.8 Å². The van der Waals surface area contributed by atoms with Crippen molar-refractivity contribution >= 4 is 28.9 Å². The number of imidazole rings is 1. The number of hydrogen-bond acceptors (Lipinski definition) is 5. The first-order valence-electron chi connectivity index (χ1n) is 10.6. The Morgan fingerprint density at radius 1 is 1.26 bits per heavy atom. The predicted molar refractivity (Wildman–Crippen MR) is 118 cm³/mol. The van der Waals surface area contributed by atoms with Crippen LogP contribution in [0.1, 0.15) is 18.2 Å². The average Bonchev–Trinajstić information content (AvgIpc) is 3.33. The van der Waals surface area contributed by atoms with Gasteiger partial charge in [-0.1, -0.05) is 0 Å². The summed E-state index contributed by atoms with van der Waals surface area (Å²) < 4.78 is 16.0. The molecule has 1 atom stereocenters. The van der Waals surface area contributed by atoms with Crippen LogP contribution in [0.15, 0.2) is 30.7 Å². The van der Waals surface area contributed by atoms with Gasteiger partial charge in [-0.3, -0.25) is 4.90 Å². The molecule has 0 unspecified atom stereocenters. The number of carbonyl (C=O) groups excluding carboxylic acids is 1. The van der Waals surface area contributed by atoms with Gasteiger partial charge in [0.05, 0.1) is 11.4 Å². The smallest absolute Gasteiger partial charge is 0.327 e. The summed E-state index contributed by atoms with van der Waals surface area (Å²) in [6.45, 7) is 7.48. The van der Waals surface area contributed by atoms with E-state index >= 15 is 0 Å². The lowest BCUT2D eigenvalue weighted by molar-refractivity contribution is 0.234. The number of pyridine rings is 2. The molecule has 3 aromatic rings. The van der Waals surface area contributed by atoms with Crippen molar-refractivity contribution in [1.29, 1.82) is 0 Å². The van der Waals surface area contributed by atoms with Crippen LogP contribution >= 0.6 is 0 Å². The highest BCUT2D eigenvalue weighted by molar-refractivity contribution is 6.03. The van der Waals surface area contributed by atoms with Crippen molar-refractivity contribution in [3.63, 3.8) is 0 Å². The fourth-order valence-electron chi connectivity index (χ4n) is 4.47. The van der Waals surface area contributed by atoms with Crippen LogP contribution in [0.4, 0.5) is 26.4 Å². The van der Waals surface area contributed by atoms with Crippen LogP contribution in [0.2, 0.25) is 0 Å². The second-order valence-corrected chi connectivity index (χ2v) is 8.43. The number of urea groups is 1. The van der Waals surface area contributed by atoms with Gasteiger partial charge in [-0.25, -0.2) is 19.2 Å². The van der Waals surface area contributed by atoms with E-state index in [9.17, 15) is 9.18 Å². The quantitative estimate of drug-likeness (QED) is 0.687. The first-order chi connectivity index (χ1) is 14.9. The predicted octanol–water partition coefficient (Wildman–Crippen LogP) is 2.91. The largest absolute Gasteiger partial charge is 0.368 e. The molecule has 1 N–H and O–H groups in total. The van der Waals surface area contributed by atoms with Gasteiger partial charge >= 0.3 is 6.03 Å². The fraction of sp³-hybridized carbons (Fsp3) is 0.409. The van der Waals surface area contributed by atoms with E-state index in [4.69, 9.17) is 0 Å². The molecular formula is C22H26FN7O. The third-order valence-corrected chi connectivity index (χ3v) is 6.27. The molecule has 0 aromatic carbocycles. The first-order valence-corrected chi connectivity index (χ1v) is 10.6. The Hall–Kier alpha value is -3.20. The lowest BCUT2D eigenvalue weighted by atomic mass is 10.1. The molecule has 0 aliphatic carbocycles. The molecule has 1 saturated heterocycles. The van der Waals surface area contributed by atoms with Gasteiger partial charge in [0.25, 0.3) is 0 Å². The topological polar surface area (TPSA) is 69.0 Å². The average molecular weight is 423 g/mol. The normalized spacial score (nSPS) is 19.2. The summed E-state index contributed by atoms with van der Waals surface area (Å²) in [5, 5.41) is 2.82. The number of aromatic nitrogens is 3. The van der Waals surface area contributed by atoms with Gasteiger partial charge in [0, 0.05) is 68.1 Å². The number of nitrogens with zero attached hydrogens (tertiary/aromatic N) is 6. The van der Waals surface area contributed by atoms with Crippen molar-refractivity contribution in [2.24, 2.45) is 0 Å². The molecule has 1 fully saturated rings. The minimum Gasteiger partial charge on any atom is -0.368 e. The van der Waals surface area contributed by atoms with E-state index in [1.165, 1.54) is 6.07 Å². The van der Waals surface area contributed by atoms with Crippen LogP contribution in [-0.2, 0) is 6.42 Å². The van der Waals surface area contributed by atoms with Crippen molar-refractivity contribution in [1.82, 2.24) is 19.3 Å². The van der Waals surface area contributed by atoms with Gasteiger partial charge in [-0.05, 0) is 33.4 Å². The Morgan fingerprint density at radius 3 is 2.90 bits per heavy atom. The van der Waals surface area contributed by atoms with Crippen molar-refractivity contribution < 1.29 is 9.18 Å². The summed E-state index contributed by atoms with van der Waals surface area (Å²) in [6.07, 6.45) is 5.91. The van der Waals surface area contributed by atoms with E-state index in [1.54, 1.807) is 34.8 Å². The number of nitrogens with one attached hydrogen (secondary N) is 1. The lowest BCUT2D eigenvalue weighted by Crippen LogP contribution is -2.50. The van der Waals surface area contributed by atoms with E-state index in [1.807, 2.05) is 6.07 Å². The summed E-state index contributed by atoms with van der Waals surface area (Å²) in [7, 11) is 2.15. The zero-order chi connectivity index (χ0) is 21.7. The molecule has 0 radical (unpaired) electrons. The maximum absolute atomic E-state index is 14.4. The van der Waals surface area contributed by atoms with Crippen molar-refractivity contribution in [2.45, 2.75) is 26.3 Å². The molecule has 2 aliphatic heterocycles. The molecule has 31 heavy (non-hydrogen) atoms. The molecule has 2 aliphatic rings. The molecule has 9 heteroatoms. The van der Waals surface area contributed by atoms with Crippen LogP contribution in [-0.4, -0.2) is 64.6 Å². The standard InChI is InChI=1S/C22H26FN7O/c1-14-11-29-13-16(10-18(23)21(29)25-14)26-22(31)30-7-5-17-19(4-6-24-20(17)30)28-9-8-27(3)15(2)12-28/h4,6,10-11,13,15H,5,7-9,12H2,1-3H3,(H,26,31)/t15-/m1/s1. The highest BCUT2D eigenvalue weighted by atomic mass is 19.1. The molecule has 8 nitrogen and oxygen atoms in total. The number of anilines is 3. The molecule has 0 saturated carbocycles. The molecule has 162 valence electrons. The number of aryl methyl sites for hydroxylation is 1. The Labute approximate surface area is 180 Å². The van der Waals surface area contributed by atoms with Crippen LogP contribution in [0.25, 0.3) is 5.65 Å². The van der Waals surface area contributed by atoms with Crippen molar-refractivity contribution in [3.05, 3.63) is 47.8 Å². The van der Waals surface area contributed by atoms with Gasteiger partial charge < -0.3 is 19.5 Å². The Kier molecular flexibility index (Phi) is 4.77. The number of rotatable bonds is 2. The maximum atomic E-state index is 14.4. The number of fused-ring (bicyclic) bond motifs is 2. The summed E-state index contributed by atoms with van der Waals surface area (Å²) in [5.74, 6) is 0.207. The minimum atomic E-state index is -0.475. The molecule has 3 aromatic heterocycles. The third-order valence-electron chi connectivity index (χ3n) is 6.27. The van der Waals surface area contributed by atoms with E-state index < -0.39 is 5.82 Å². The third kappa shape index (κ3) is 3.48. The zero-order valence-corrected chi connectivity index (χ0v) is 18.0. The first kappa shape index (κ1) is 19.7. The minimum absolute atomic E-state index is 0.245.